The maximum atomic E-state index is 12.9. The summed E-state index contributed by atoms with van der Waals surface area (Å²) in [6, 6.07) is 5.21. The van der Waals surface area contributed by atoms with E-state index in [2.05, 4.69) is 20.4 Å². The minimum absolute atomic E-state index is 0.227. The molecule has 0 radical (unpaired) electrons. The van der Waals surface area contributed by atoms with Crippen molar-refractivity contribution in [2.75, 3.05) is 13.2 Å². The number of ether oxygens (including phenoxy) is 1. The molecule has 0 saturated carbocycles. The second kappa shape index (κ2) is 5.79. The molecule has 2 fully saturated rings. The molecule has 10 heteroatoms. The van der Waals surface area contributed by atoms with E-state index in [1.165, 1.54) is 10.7 Å². The van der Waals surface area contributed by atoms with E-state index in [4.69, 9.17) is 10.00 Å². The molecule has 1 unspecified atom stereocenters. The summed E-state index contributed by atoms with van der Waals surface area (Å²) in [6.45, 7) is 1.93. The lowest BCUT2D eigenvalue weighted by Crippen LogP contribution is -2.37. The van der Waals surface area contributed by atoms with Crippen LogP contribution < -0.4 is 0 Å². The average molecular weight is 350 g/mol. The van der Waals surface area contributed by atoms with Crippen molar-refractivity contribution < 1.29 is 17.9 Å². The summed E-state index contributed by atoms with van der Waals surface area (Å²) in [4.78, 5) is 2.20. The van der Waals surface area contributed by atoms with E-state index in [0.717, 1.165) is 25.1 Å². The zero-order valence-electron chi connectivity index (χ0n) is 12.9. The van der Waals surface area contributed by atoms with Crippen LogP contribution in [-0.2, 0) is 17.5 Å². The van der Waals surface area contributed by atoms with Crippen LogP contribution >= 0.6 is 0 Å². The summed E-state index contributed by atoms with van der Waals surface area (Å²) in [5.74, 6) is 0.510. The third-order valence-corrected chi connectivity index (χ3v) is 4.57. The normalized spacial score (nSPS) is 23.1. The monoisotopic (exact) mass is 350 g/mol. The Kier molecular flexibility index (Phi) is 3.70. The predicted molar refractivity (Wildman–Crippen MR) is 77.4 cm³/mol. The van der Waals surface area contributed by atoms with Gasteiger partial charge in [0, 0.05) is 12.6 Å². The summed E-state index contributed by atoms with van der Waals surface area (Å²) in [7, 11) is 0. The average Bonchev–Trinajstić information content (AvgIpc) is 3.30. The predicted octanol–water partition coefficient (Wildman–Crippen LogP) is 1.53. The van der Waals surface area contributed by atoms with Gasteiger partial charge in [0.05, 0.1) is 42.1 Å². The first-order chi connectivity index (χ1) is 12.0. The smallest absolute Gasteiger partial charge is 0.375 e. The first kappa shape index (κ1) is 16.0. The molecule has 0 N–H and O–H groups in total. The maximum absolute atomic E-state index is 12.9. The van der Waals surface area contributed by atoms with E-state index >= 15 is 0 Å². The standard InChI is InChI=1S/C15H13F3N6O/c16-15(17,18)13-2-1-10(3-9(13)5-19)24-14(20-21-22-24)7-23-6-12-4-11(23)8-25-12/h1-3,11-12H,4,6-8H2/t11-,12?/m0/s1. The molecule has 2 aliphatic rings. The number of tetrazole rings is 1. The topological polar surface area (TPSA) is 79.9 Å². The van der Waals surface area contributed by atoms with Gasteiger partial charge in [0.15, 0.2) is 5.82 Å². The van der Waals surface area contributed by atoms with Gasteiger partial charge in [-0.15, -0.1) is 5.10 Å². The Balaban J connectivity index is 1.63. The first-order valence-electron chi connectivity index (χ1n) is 7.70. The van der Waals surface area contributed by atoms with E-state index in [0.29, 0.717) is 30.7 Å². The number of aromatic nitrogens is 4. The number of hydrogen-bond donors (Lipinski definition) is 0. The molecule has 2 saturated heterocycles. The van der Waals surface area contributed by atoms with Gasteiger partial charge in [0.25, 0.3) is 0 Å². The molecule has 0 amide bonds. The summed E-state index contributed by atoms with van der Waals surface area (Å²) >= 11 is 0. The van der Waals surface area contributed by atoms with Crippen LogP contribution in [0.1, 0.15) is 23.4 Å². The number of nitriles is 1. The quantitative estimate of drug-likeness (QED) is 0.835. The number of morpholine rings is 1. The second-order valence-corrected chi connectivity index (χ2v) is 6.12. The van der Waals surface area contributed by atoms with Gasteiger partial charge >= 0.3 is 6.18 Å². The van der Waals surface area contributed by atoms with Crippen LogP contribution in [-0.4, -0.2) is 50.4 Å². The van der Waals surface area contributed by atoms with Crippen molar-refractivity contribution in [1.29, 1.82) is 5.26 Å². The molecule has 130 valence electrons. The Hall–Kier alpha value is -2.51. The zero-order valence-corrected chi connectivity index (χ0v) is 12.9. The Labute approximate surface area is 140 Å². The third kappa shape index (κ3) is 2.85. The van der Waals surface area contributed by atoms with E-state index in [1.807, 2.05) is 0 Å². The fraction of sp³-hybridized carbons (Fsp3) is 0.467. The zero-order chi connectivity index (χ0) is 17.6. The van der Waals surface area contributed by atoms with Crippen LogP contribution in [0.15, 0.2) is 18.2 Å². The molecule has 2 bridgehead atoms. The highest BCUT2D eigenvalue weighted by Gasteiger charge is 2.39. The van der Waals surface area contributed by atoms with Crippen molar-refractivity contribution >= 4 is 0 Å². The Morgan fingerprint density at radius 1 is 1.36 bits per heavy atom. The Morgan fingerprint density at radius 2 is 2.20 bits per heavy atom. The largest absolute Gasteiger partial charge is 0.417 e. The summed E-state index contributed by atoms with van der Waals surface area (Å²) in [6.07, 6.45) is -3.38. The summed E-state index contributed by atoms with van der Waals surface area (Å²) in [5, 5.41) is 20.5. The molecular weight excluding hydrogens is 337 g/mol. The fourth-order valence-electron chi connectivity index (χ4n) is 3.36. The maximum Gasteiger partial charge on any atom is 0.417 e. The third-order valence-electron chi connectivity index (χ3n) is 4.57. The van der Waals surface area contributed by atoms with E-state index in [-0.39, 0.29) is 6.10 Å². The number of hydrogen-bond acceptors (Lipinski definition) is 6. The van der Waals surface area contributed by atoms with Crippen LogP contribution in [0.3, 0.4) is 0 Å². The van der Waals surface area contributed by atoms with Crippen LogP contribution in [0.5, 0.6) is 0 Å². The van der Waals surface area contributed by atoms with Gasteiger partial charge in [-0.05, 0) is 35.0 Å². The highest BCUT2D eigenvalue weighted by Crippen LogP contribution is 2.33. The van der Waals surface area contributed by atoms with Gasteiger partial charge in [0.1, 0.15) is 0 Å². The second-order valence-electron chi connectivity index (χ2n) is 6.12. The van der Waals surface area contributed by atoms with Crippen molar-refractivity contribution in [3.8, 4) is 11.8 Å². The molecule has 1 aromatic heterocycles. The lowest BCUT2D eigenvalue weighted by molar-refractivity contribution is -0.137. The van der Waals surface area contributed by atoms with Crippen molar-refractivity contribution in [1.82, 2.24) is 25.1 Å². The molecule has 1 aromatic carbocycles. The van der Waals surface area contributed by atoms with Gasteiger partial charge in [-0.3, -0.25) is 4.90 Å². The van der Waals surface area contributed by atoms with Gasteiger partial charge in [-0.2, -0.15) is 23.1 Å². The minimum Gasteiger partial charge on any atom is -0.375 e. The number of benzene rings is 1. The molecular formula is C15H13F3N6O. The Morgan fingerprint density at radius 3 is 2.84 bits per heavy atom. The number of halogens is 3. The molecule has 4 rings (SSSR count). The molecule has 7 nitrogen and oxygen atoms in total. The number of alkyl halides is 3. The number of nitrogens with zero attached hydrogens (tertiary/aromatic N) is 6. The summed E-state index contributed by atoms with van der Waals surface area (Å²) in [5.41, 5.74) is -1.10. The summed E-state index contributed by atoms with van der Waals surface area (Å²) < 4.78 is 45.7. The lowest BCUT2D eigenvalue weighted by Gasteiger charge is -2.25. The SMILES string of the molecule is N#Cc1cc(-n2nnnc2CN2CC3C[C@H]2CO3)ccc1C(F)(F)F. The first-order valence-corrected chi connectivity index (χ1v) is 7.70. The van der Waals surface area contributed by atoms with E-state index < -0.39 is 17.3 Å². The minimum atomic E-state index is -4.58. The van der Waals surface area contributed by atoms with Crippen molar-refractivity contribution in [2.45, 2.75) is 31.3 Å². The number of likely N-dealkylation sites (tertiary alicyclic amines) is 1. The van der Waals surface area contributed by atoms with E-state index in [9.17, 15) is 13.2 Å². The number of fused-ring (bicyclic) bond motifs is 2. The molecule has 3 heterocycles. The number of rotatable bonds is 3. The van der Waals surface area contributed by atoms with E-state index in [1.54, 1.807) is 6.07 Å². The van der Waals surface area contributed by atoms with Gasteiger partial charge in [-0.25, -0.2) is 0 Å². The van der Waals surface area contributed by atoms with Gasteiger partial charge in [0.2, 0.25) is 0 Å². The van der Waals surface area contributed by atoms with Crippen LogP contribution in [0.4, 0.5) is 13.2 Å². The molecule has 2 aliphatic heterocycles. The van der Waals surface area contributed by atoms with Gasteiger partial charge in [-0.1, -0.05) is 0 Å². The van der Waals surface area contributed by atoms with Crippen LogP contribution in [0.2, 0.25) is 0 Å². The molecule has 25 heavy (non-hydrogen) atoms. The fourth-order valence-corrected chi connectivity index (χ4v) is 3.36. The highest BCUT2D eigenvalue weighted by molar-refractivity contribution is 5.47. The lowest BCUT2D eigenvalue weighted by atomic mass is 10.1. The molecule has 2 atom stereocenters. The molecule has 2 aromatic rings. The Bertz CT molecular complexity index is 843. The van der Waals surface area contributed by atoms with Crippen LogP contribution in [0.25, 0.3) is 5.69 Å². The van der Waals surface area contributed by atoms with Crippen molar-refractivity contribution in [3.05, 3.63) is 35.2 Å². The molecule has 0 spiro atoms. The van der Waals surface area contributed by atoms with Crippen molar-refractivity contribution in [3.63, 3.8) is 0 Å². The van der Waals surface area contributed by atoms with Crippen LogP contribution in [0, 0.1) is 11.3 Å². The van der Waals surface area contributed by atoms with Gasteiger partial charge < -0.3 is 4.74 Å². The highest BCUT2D eigenvalue weighted by atomic mass is 19.4. The molecule has 0 aliphatic carbocycles. The van der Waals surface area contributed by atoms with Crippen molar-refractivity contribution in [2.24, 2.45) is 0 Å².